The highest BCUT2D eigenvalue weighted by Gasteiger charge is 2.09. The van der Waals surface area contributed by atoms with Crippen LogP contribution < -0.4 is 0 Å². The van der Waals surface area contributed by atoms with Gasteiger partial charge in [-0.3, -0.25) is 4.98 Å². The summed E-state index contributed by atoms with van der Waals surface area (Å²) >= 11 is 3.25. The van der Waals surface area contributed by atoms with Gasteiger partial charge in [0.1, 0.15) is 0 Å². The molecule has 0 amide bonds. The molecule has 0 fully saturated rings. The van der Waals surface area contributed by atoms with Crippen molar-refractivity contribution in [3.63, 3.8) is 0 Å². The van der Waals surface area contributed by atoms with Crippen LogP contribution in [0.25, 0.3) is 10.9 Å². The SMILES string of the molecule is O=C(O)c1cc(Cc2ccc3ccccc3n2)ccc1Br. The van der Waals surface area contributed by atoms with E-state index in [0.717, 1.165) is 22.2 Å². The van der Waals surface area contributed by atoms with Crippen LogP contribution in [0.1, 0.15) is 21.6 Å². The summed E-state index contributed by atoms with van der Waals surface area (Å²) in [6.07, 6.45) is 0.610. The van der Waals surface area contributed by atoms with Gasteiger partial charge in [-0.15, -0.1) is 0 Å². The van der Waals surface area contributed by atoms with Gasteiger partial charge in [0, 0.05) is 22.0 Å². The fraction of sp³-hybridized carbons (Fsp3) is 0.0588. The largest absolute Gasteiger partial charge is 0.478 e. The molecule has 1 aromatic heterocycles. The number of carbonyl (C=O) groups is 1. The van der Waals surface area contributed by atoms with E-state index in [1.54, 1.807) is 12.1 Å². The van der Waals surface area contributed by atoms with Crippen LogP contribution in [-0.2, 0) is 6.42 Å². The number of carboxylic acids is 1. The van der Waals surface area contributed by atoms with E-state index in [0.29, 0.717) is 10.9 Å². The minimum Gasteiger partial charge on any atom is -0.478 e. The lowest BCUT2D eigenvalue weighted by Gasteiger charge is -2.06. The van der Waals surface area contributed by atoms with Gasteiger partial charge in [0.2, 0.25) is 0 Å². The topological polar surface area (TPSA) is 50.2 Å². The lowest BCUT2D eigenvalue weighted by atomic mass is 10.1. The highest BCUT2D eigenvalue weighted by Crippen LogP contribution is 2.20. The molecular formula is C17H12BrNO2. The van der Waals surface area contributed by atoms with E-state index >= 15 is 0 Å². The van der Waals surface area contributed by atoms with Crippen LogP contribution in [0.2, 0.25) is 0 Å². The number of nitrogens with zero attached hydrogens (tertiary/aromatic N) is 1. The van der Waals surface area contributed by atoms with Crippen molar-refractivity contribution in [2.24, 2.45) is 0 Å². The molecule has 1 N–H and O–H groups in total. The quantitative estimate of drug-likeness (QED) is 0.773. The molecule has 0 aliphatic heterocycles. The minimum absolute atomic E-state index is 0.272. The van der Waals surface area contributed by atoms with E-state index in [-0.39, 0.29) is 5.56 Å². The summed E-state index contributed by atoms with van der Waals surface area (Å²) in [5, 5.41) is 10.3. The zero-order chi connectivity index (χ0) is 14.8. The van der Waals surface area contributed by atoms with Gasteiger partial charge in [-0.05, 0) is 45.8 Å². The number of pyridine rings is 1. The van der Waals surface area contributed by atoms with Crippen molar-refractivity contribution in [1.82, 2.24) is 4.98 Å². The Hall–Kier alpha value is -2.20. The van der Waals surface area contributed by atoms with E-state index in [1.165, 1.54) is 0 Å². The number of hydrogen-bond acceptors (Lipinski definition) is 2. The van der Waals surface area contributed by atoms with E-state index < -0.39 is 5.97 Å². The van der Waals surface area contributed by atoms with Crippen molar-refractivity contribution in [1.29, 1.82) is 0 Å². The first-order valence-electron chi connectivity index (χ1n) is 6.50. The van der Waals surface area contributed by atoms with Crippen molar-refractivity contribution < 1.29 is 9.90 Å². The molecule has 3 nitrogen and oxygen atoms in total. The van der Waals surface area contributed by atoms with Crippen LogP contribution in [-0.4, -0.2) is 16.1 Å². The van der Waals surface area contributed by atoms with Gasteiger partial charge in [-0.2, -0.15) is 0 Å². The second kappa shape index (κ2) is 5.66. The molecule has 104 valence electrons. The third-order valence-electron chi connectivity index (χ3n) is 3.30. The Morgan fingerprint density at radius 1 is 1.10 bits per heavy atom. The maximum absolute atomic E-state index is 11.2. The fourth-order valence-corrected chi connectivity index (χ4v) is 2.68. The van der Waals surface area contributed by atoms with Gasteiger partial charge in [0.25, 0.3) is 0 Å². The predicted molar refractivity (Wildman–Crippen MR) is 85.7 cm³/mol. The molecule has 0 saturated carbocycles. The second-order valence-electron chi connectivity index (χ2n) is 4.79. The van der Waals surface area contributed by atoms with Crippen LogP contribution >= 0.6 is 15.9 Å². The molecule has 0 aliphatic rings. The maximum Gasteiger partial charge on any atom is 0.336 e. The molecule has 21 heavy (non-hydrogen) atoms. The lowest BCUT2D eigenvalue weighted by molar-refractivity contribution is 0.0696. The standard InChI is InChI=1S/C17H12BrNO2/c18-15-8-5-11(10-14(15)17(20)21)9-13-7-6-12-3-1-2-4-16(12)19-13/h1-8,10H,9H2,(H,20,21). The van der Waals surface area contributed by atoms with Gasteiger partial charge >= 0.3 is 5.97 Å². The summed E-state index contributed by atoms with van der Waals surface area (Å²) < 4.78 is 0.588. The zero-order valence-electron chi connectivity index (χ0n) is 11.1. The number of halogens is 1. The minimum atomic E-state index is -0.935. The number of para-hydroxylation sites is 1. The number of carboxylic acid groups (broad SMARTS) is 1. The molecule has 0 atom stereocenters. The summed E-state index contributed by atoms with van der Waals surface area (Å²) in [7, 11) is 0. The first-order chi connectivity index (χ1) is 10.1. The molecular weight excluding hydrogens is 330 g/mol. The van der Waals surface area contributed by atoms with Gasteiger partial charge < -0.3 is 5.11 Å². The van der Waals surface area contributed by atoms with Gasteiger partial charge in [0.05, 0.1) is 11.1 Å². The average molecular weight is 342 g/mol. The number of hydrogen-bond donors (Lipinski definition) is 1. The fourth-order valence-electron chi connectivity index (χ4n) is 2.26. The Morgan fingerprint density at radius 2 is 1.90 bits per heavy atom. The van der Waals surface area contributed by atoms with Gasteiger partial charge in [0.15, 0.2) is 0 Å². The van der Waals surface area contributed by atoms with E-state index in [1.807, 2.05) is 42.5 Å². The van der Waals surface area contributed by atoms with Crippen LogP contribution in [0.4, 0.5) is 0 Å². The van der Waals surface area contributed by atoms with Crippen LogP contribution in [0.15, 0.2) is 59.1 Å². The Bertz CT molecular complexity index is 830. The number of aromatic nitrogens is 1. The molecule has 4 heteroatoms. The summed E-state index contributed by atoms with van der Waals surface area (Å²) in [6, 6.07) is 17.3. The predicted octanol–water partition coefficient (Wildman–Crippen LogP) is 4.29. The molecule has 2 aromatic carbocycles. The summed E-state index contributed by atoms with van der Waals surface area (Å²) in [4.78, 5) is 15.8. The molecule has 3 aromatic rings. The smallest absolute Gasteiger partial charge is 0.336 e. The zero-order valence-corrected chi connectivity index (χ0v) is 12.7. The highest BCUT2D eigenvalue weighted by molar-refractivity contribution is 9.10. The Balaban J connectivity index is 1.94. The van der Waals surface area contributed by atoms with Crippen molar-refractivity contribution in [2.75, 3.05) is 0 Å². The first kappa shape index (κ1) is 13.8. The third kappa shape index (κ3) is 2.95. The highest BCUT2D eigenvalue weighted by atomic mass is 79.9. The summed E-state index contributed by atoms with van der Waals surface area (Å²) in [6.45, 7) is 0. The van der Waals surface area contributed by atoms with E-state index in [4.69, 9.17) is 5.11 Å². The molecule has 3 rings (SSSR count). The van der Waals surface area contributed by atoms with Gasteiger partial charge in [-0.25, -0.2) is 4.79 Å². The molecule has 0 aliphatic carbocycles. The lowest BCUT2D eigenvalue weighted by Crippen LogP contribution is -2.00. The van der Waals surface area contributed by atoms with Crippen molar-refractivity contribution in [3.05, 3.63) is 75.9 Å². The van der Waals surface area contributed by atoms with Gasteiger partial charge in [-0.1, -0.05) is 30.3 Å². The molecule has 0 unspecified atom stereocenters. The van der Waals surface area contributed by atoms with E-state index in [2.05, 4.69) is 20.9 Å². The normalized spacial score (nSPS) is 10.7. The Labute approximate surface area is 130 Å². The summed E-state index contributed by atoms with van der Waals surface area (Å²) in [5.74, 6) is -0.935. The van der Waals surface area contributed by atoms with Crippen LogP contribution in [0, 0.1) is 0 Å². The number of aromatic carboxylic acids is 1. The third-order valence-corrected chi connectivity index (χ3v) is 3.99. The second-order valence-corrected chi connectivity index (χ2v) is 5.65. The number of fused-ring (bicyclic) bond motifs is 1. The molecule has 0 saturated heterocycles. The Morgan fingerprint density at radius 3 is 2.71 bits per heavy atom. The monoisotopic (exact) mass is 341 g/mol. The average Bonchev–Trinajstić information content (AvgIpc) is 2.49. The molecule has 0 radical (unpaired) electrons. The number of benzene rings is 2. The Kier molecular flexibility index (Phi) is 3.71. The van der Waals surface area contributed by atoms with Crippen molar-refractivity contribution in [3.8, 4) is 0 Å². The van der Waals surface area contributed by atoms with Crippen LogP contribution in [0.5, 0.6) is 0 Å². The van der Waals surface area contributed by atoms with Crippen LogP contribution in [0.3, 0.4) is 0 Å². The molecule has 0 bridgehead atoms. The van der Waals surface area contributed by atoms with Crippen molar-refractivity contribution >= 4 is 32.8 Å². The maximum atomic E-state index is 11.2. The number of rotatable bonds is 3. The first-order valence-corrected chi connectivity index (χ1v) is 7.29. The van der Waals surface area contributed by atoms with E-state index in [9.17, 15) is 4.79 Å². The molecule has 0 spiro atoms. The molecule has 1 heterocycles. The summed E-state index contributed by atoms with van der Waals surface area (Å²) in [5.41, 5.74) is 3.07. The van der Waals surface area contributed by atoms with Crippen molar-refractivity contribution in [2.45, 2.75) is 6.42 Å².